The topological polar surface area (TPSA) is 30.5 Å². The highest BCUT2D eigenvalue weighted by Crippen LogP contribution is 2.30. The summed E-state index contributed by atoms with van der Waals surface area (Å²) in [6.45, 7) is 7.87. The third kappa shape index (κ3) is 4.22. The standard InChI is InChI=1S/C17H27NO2/c1-3-11-20-16-7-5-14(6-8-16)17(18-4-2)15-9-12-19-13-10-15/h5-8,15,17-18H,3-4,9-13H2,1-2H3. The molecule has 1 unspecified atom stereocenters. The summed E-state index contributed by atoms with van der Waals surface area (Å²) in [5, 5.41) is 3.63. The van der Waals surface area contributed by atoms with Crippen molar-refractivity contribution < 1.29 is 9.47 Å². The first-order valence-corrected chi connectivity index (χ1v) is 7.89. The van der Waals surface area contributed by atoms with Gasteiger partial charge in [-0.1, -0.05) is 26.0 Å². The molecule has 1 fully saturated rings. The molecule has 0 bridgehead atoms. The summed E-state index contributed by atoms with van der Waals surface area (Å²) in [5.74, 6) is 1.64. The minimum absolute atomic E-state index is 0.434. The van der Waals surface area contributed by atoms with Crippen LogP contribution in [0.1, 0.15) is 44.7 Å². The highest BCUT2D eigenvalue weighted by Gasteiger charge is 2.24. The molecule has 2 rings (SSSR count). The van der Waals surface area contributed by atoms with Crippen molar-refractivity contribution in [2.75, 3.05) is 26.4 Å². The van der Waals surface area contributed by atoms with Gasteiger partial charge in [-0.3, -0.25) is 0 Å². The Morgan fingerprint density at radius 3 is 2.50 bits per heavy atom. The van der Waals surface area contributed by atoms with E-state index in [4.69, 9.17) is 9.47 Å². The van der Waals surface area contributed by atoms with E-state index in [1.54, 1.807) is 0 Å². The van der Waals surface area contributed by atoms with Crippen LogP contribution in [0.2, 0.25) is 0 Å². The first-order valence-electron chi connectivity index (χ1n) is 7.89. The van der Waals surface area contributed by atoms with Crippen molar-refractivity contribution in [3.05, 3.63) is 29.8 Å². The van der Waals surface area contributed by atoms with Gasteiger partial charge in [-0.2, -0.15) is 0 Å². The Kier molecular flexibility index (Phi) is 6.34. The molecule has 0 radical (unpaired) electrons. The highest BCUT2D eigenvalue weighted by molar-refractivity contribution is 5.29. The van der Waals surface area contributed by atoms with Gasteiger partial charge in [-0.25, -0.2) is 0 Å². The van der Waals surface area contributed by atoms with Crippen LogP contribution in [0.4, 0.5) is 0 Å². The first-order chi connectivity index (χ1) is 9.85. The summed E-state index contributed by atoms with van der Waals surface area (Å²) in [4.78, 5) is 0. The van der Waals surface area contributed by atoms with Crippen molar-refractivity contribution in [3.63, 3.8) is 0 Å². The Morgan fingerprint density at radius 2 is 1.90 bits per heavy atom. The van der Waals surface area contributed by atoms with E-state index in [0.717, 1.165) is 51.4 Å². The maximum Gasteiger partial charge on any atom is 0.119 e. The summed E-state index contributed by atoms with van der Waals surface area (Å²) in [5.41, 5.74) is 1.36. The fraction of sp³-hybridized carbons (Fsp3) is 0.647. The monoisotopic (exact) mass is 277 g/mol. The fourth-order valence-electron chi connectivity index (χ4n) is 2.82. The van der Waals surface area contributed by atoms with Crippen LogP contribution < -0.4 is 10.1 Å². The average Bonchev–Trinajstić information content (AvgIpc) is 2.52. The summed E-state index contributed by atoms with van der Waals surface area (Å²) < 4.78 is 11.1. The maximum atomic E-state index is 5.65. The van der Waals surface area contributed by atoms with Crippen LogP contribution in [-0.2, 0) is 4.74 Å². The molecule has 1 saturated heterocycles. The molecular formula is C17H27NO2. The average molecular weight is 277 g/mol. The van der Waals surface area contributed by atoms with Crippen LogP contribution in [0.3, 0.4) is 0 Å². The molecule has 0 spiro atoms. The Labute approximate surface area is 122 Å². The van der Waals surface area contributed by atoms with E-state index in [-0.39, 0.29) is 0 Å². The van der Waals surface area contributed by atoms with Crippen LogP contribution in [-0.4, -0.2) is 26.4 Å². The molecule has 1 aromatic carbocycles. The molecule has 1 aromatic rings. The second-order valence-corrected chi connectivity index (χ2v) is 5.40. The van der Waals surface area contributed by atoms with Crippen LogP contribution >= 0.6 is 0 Å². The maximum absolute atomic E-state index is 5.65. The number of benzene rings is 1. The molecule has 20 heavy (non-hydrogen) atoms. The fourth-order valence-corrected chi connectivity index (χ4v) is 2.82. The van der Waals surface area contributed by atoms with Gasteiger partial charge in [0.25, 0.3) is 0 Å². The van der Waals surface area contributed by atoms with Crippen LogP contribution in [0.25, 0.3) is 0 Å². The third-order valence-electron chi connectivity index (χ3n) is 3.87. The van der Waals surface area contributed by atoms with Crippen molar-refractivity contribution in [1.29, 1.82) is 0 Å². The summed E-state index contributed by atoms with van der Waals surface area (Å²) >= 11 is 0. The van der Waals surface area contributed by atoms with Gasteiger partial charge in [0, 0.05) is 19.3 Å². The molecule has 1 N–H and O–H groups in total. The Balaban J connectivity index is 2.04. The van der Waals surface area contributed by atoms with E-state index in [1.165, 1.54) is 5.56 Å². The van der Waals surface area contributed by atoms with Gasteiger partial charge in [0.1, 0.15) is 5.75 Å². The largest absolute Gasteiger partial charge is 0.494 e. The molecular weight excluding hydrogens is 250 g/mol. The van der Waals surface area contributed by atoms with Gasteiger partial charge in [0.05, 0.1) is 6.61 Å². The minimum atomic E-state index is 0.434. The van der Waals surface area contributed by atoms with E-state index < -0.39 is 0 Å². The first kappa shape index (κ1) is 15.3. The van der Waals surface area contributed by atoms with Crippen molar-refractivity contribution in [2.45, 2.75) is 39.2 Å². The number of hydrogen-bond acceptors (Lipinski definition) is 3. The molecule has 0 saturated carbocycles. The number of ether oxygens (including phenoxy) is 2. The third-order valence-corrected chi connectivity index (χ3v) is 3.87. The Bertz CT molecular complexity index is 371. The van der Waals surface area contributed by atoms with E-state index in [0.29, 0.717) is 12.0 Å². The lowest BCUT2D eigenvalue weighted by Crippen LogP contribution is -2.32. The smallest absolute Gasteiger partial charge is 0.119 e. The summed E-state index contributed by atoms with van der Waals surface area (Å²) in [7, 11) is 0. The number of nitrogens with one attached hydrogen (secondary N) is 1. The second-order valence-electron chi connectivity index (χ2n) is 5.40. The van der Waals surface area contributed by atoms with Crippen LogP contribution in [0.15, 0.2) is 24.3 Å². The molecule has 0 aromatic heterocycles. The van der Waals surface area contributed by atoms with Crippen molar-refractivity contribution in [3.8, 4) is 5.75 Å². The van der Waals surface area contributed by atoms with E-state index in [2.05, 4.69) is 43.4 Å². The molecule has 1 aliphatic rings. The van der Waals surface area contributed by atoms with E-state index in [1.807, 2.05) is 0 Å². The molecule has 0 amide bonds. The minimum Gasteiger partial charge on any atom is -0.494 e. The van der Waals surface area contributed by atoms with Gasteiger partial charge < -0.3 is 14.8 Å². The van der Waals surface area contributed by atoms with Crippen molar-refractivity contribution in [1.82, 2.24) is 5.32 Å². The molecule has 1 aliphatic heterocycles. The second kappa shape index (κ2) is 8.28. The quantitative estimate of drug-likeness (QED) is 0.826. The van der Waals surface area contributed by atoms with Gasteiger partial charge in [-0.05, 0) is 49.4 Å². The van der Waals surface area contributed by atoms with Crippen molar-refractivity contribution >= 4 is 0 Å². The highest BCUT2D eigenvalue weighted by atomic mass is 16.5. The molecule has 1 atom stereocenters. The zero-order chi connectivity index (χ0) is 14.2. The predicted octanol–water partition coefficient (Wildman–Crippen LogP) is 3.55. The predicted molar refractivity (Wildman–Crippen MR) is 82.2 cm³/mol. The number of hydrogen-bond donors (Lipinski definition) is 1. The SMILES string of the molecule is CCCOc1ccc(C(NCC)C2CCOCC2)cc1. The molecule has 3 nitrogen and oxygen atoms in total. The van der Waals surface area contributed by atoms with E-state index in [9.17, 15) is 0 Å². The lowest BCUT2D eigenvalue weighted by atomic mass is 9.87. The molecule has 1 heterocycles. The zero-order valence-corrected chi connectivity index (χ0v) is 12.7. The normalized spacial score (nSPS) is 17.9. The Morgan fingerprint density at radius 1 is 1.20 bits per heavy atom. The molecule has 3 heteroatoms. The van der Waals surface area contributed by atoms with Crippen LogP contribution in [0, 0.1) is 5.92 Å². The molecule has 0 aliphatic carbocycles. The van der Waals surface area contributed by atoms with Crippen LogP contribution in [0.5, 0.6) is 5.75 Å². The van der Waals surface area contributed by atoms with Gasteiger partial charge in [-0.15, -0.1) is 0 Å². The Hall–Kier alpha value is -1.06. The van der Waals surface area contributed by atoms with Gasteiger partial charge in [0.2, 0.25) is 0 Å². The lowest BCUT2D eigenvalue weighted by molar-refractivity contribution is 0.0538. The summed E-state index contributed by atoms with van der Waals surface area (Å²) in [6.07, 6.45) is 3.33. The zero-order valence-electron chi connectivity index (χ0n) is 12.7. The van der Waals surface area contributed by atoms with Gasteiger partial charge >= 0.3 is 0 Å². The van der Waals surface area contributed by atoms with E-state index >= 15 is 0 Å². The molecule has 112 valence electrons. The summed E-state index contributed by atoms with van der Waals surface area (Å²) in [6, 6.07) is 9.02. The number of rotatable bonds is 7. The lowest BCUT2D eigenvalue weighted by Gasteiger charge is -2.31. The van der Waals surface area contributed by atoms with Crippen molar-refractivity contribution in [2.24, 2.45) is 5.92 Å². The van der Waals surface area contributed by atoms with Gasteiger partial charge in [0.15, 0.2) is 0 Å².